The maximum atomic E-state index is 12.6. The molecule has 1 aromatic rings. The lowest BCUT2D eigenvalue weighted by Crippen LogP contribution is -2.39. The van der Waals surface area contributed by atoms with E-state index in [2.05, 4.69) is 0 Å². The van der Waals surface area contributed by atoms with Gasteiger partial charge in [0.05, 0.1) is 11.8 Å². The van der Waals surface area contributed by atoms with E-state index in [0.717, 1.165) is 12.8 Å². The molecule has 2 rings (SSSR count). The normalized spacial score (nSPS) is 14.7. The highest BCUT2D eigenvalue weighted by Crippen LogP contribution is 2.31. The van der Waals surface area contributed by atoms with Crippen LogP contribution in [0.5, 0.6) is 0 Å². The lowest BCUT2D eigenvalue weighted by Gasteiger charge is -2.26. The summed E-state index contributed by atoms with van der Waals surface area (Å²) in [6.45, 7) is 5.72. The van der Waals surface area contributed by atoms with Gasteiger partial charge in [-0.15, -0.1) is 0 Å². The molecule has 1 heterocycles. The molecule has 1 aliphatic carbocycles. The molecule has 5 heteroatoms. The van der Waals surface area contributed by atoms with Gasteiger partial charge in [0.25, 0.3) is 5.91 Å². The second-order valence-corrected chi connectivity index (χ2v) is 5.32. The lowest BCUT2D eigenvalue weighted by atomic mass is 10.1. The minimum Gasteiger partial charge on any atom is -0.481 e. The molecule has 0 bridgehead atoms. The molecule has 0 spiro atoms. The molecule has 1 saturated carbocycles. The Morgan fingerprint density at radius 2 is 2.11 bits per heavy atom. The van der Waals surface area contributed by atoms with Gasteiger partial charge in [0.2, 0.25) is 0 Å². The van der Waals surface area contributed by atoms with Crippen molar-refractivity contribution < 1.29 is 19.1 Å². The van der Waals surface area contributed by atoms with E-state index in [9.17, 15) is 9.59 Å². The Kier molecular flexibility index (Phi) is 3.64. The van der Waals surface area contributed by atoms with Crippen molar-refractivity contribution in [2.75, 3.05) is 0 Å². The van der Waals surface area contributed by atoms with Gasteiger partial charge in [0, 0.05) is 17.6 Å². The summed E-state index contributed by atoms with van der Waals surface area (Å²) in [4.78, 5) is 25.3. The molecule has 0 atom stereocenters. The molecule has 1 aromatic heterocycles. The predicted octanol–water partition coefficient (Wildman–Crippen LogP) is 2.23. The lowest BCUT2D eigenvalue weighted by molar-refractivity contribution is -0.136. The van der Waals surface area contributed by atoms with Crippen LogP contribution in [-0.4, -0.2) is 34.0 Å². The Hall–Kier alpha value is -1.78. The number of aliphatic carboxylic acids is 1. The zero-order chi connectivity index (χ0) is 14.2. The molecule has 0 aliphatic heterocycles. The number of hydrogen-bond donors (Lipinski definition) is 1. The number of amides is 1. The highest BCUT2D eigenvalue weighted by Gasteiger charge is 2.36. The third-order valence-corrected chi connectivity index (χ3v) is 3.31. The quantitative estimate of drug-likeness (QED) is 0.886. The fourth-order valence-electron chi connectivity index (χ4n) is 2.36. The molecule has 0 saturated heterocycles. The molecule has 1 N–H and O–H groups in total. The van der Waals surface area contributed by atoms with Gasteiger partial charge in [-0.05, 0) is 33.6 Å². The van der Waals surface area contributed by atoms with Crippen LogP contribution in [0.2, 0.25) is 0 Å². The first-order valence-corrected chi connectivity index (χ1v) is 6.53. The SMILES string of the molecule is Cc1coc(CC(=O)O)c1C(=O)N(C(C)C)C1CC1. The van der Waals surface area contributed by atoms with Gasteiger partial charge in [-0.1, -0.05) is 0 Å². The molecule has 1 amide bonds. The topological polar surface area (TPSA) is 70.7 Å². The summed E-state index contributed by atoms with van der Waals surface area (Å²) < 4.78 is 5.23. The van der Waals surface area contributed by atoms with Gasteiger partial charge in [-0.25, -0.2) is 0 Å². The van der Waals surface area contributed by atoms with Gasteiger partial charge in [-0.2, -0.15) is 0 Å². The van der Waals surface area contributed by atoms with Crippen LogP contribution < -0.4 is 0 Å². The van der Waals surface area contributed by atoms with E-state index in [1.165, 1.54) is 6.26 Å². The van der Waals surface area contributed by atoms with Crippen LogP contribution in [0.1, 0.15) is 48.4 Å². The molecule has 19 heavy (non-hydrogen) atoms. The molecule has 0 aromatic carbocycles. The number of nitrogens with zero attached hydrogens (tertiary/aromatic N) is 1. The number of carbonyl (C=O) groups excluding carboxylic acids is 1. The first kappa shape index (κ1) is 13.6. The Morgan fingerprint density at radius 1 is 1.47 bits per heavy atom. The van der Waals surface area contributed by atoms with Crippen LogP contribution in [-0.2, 0) is 11.2 Å². The summed E-state index contributed by atoms with van der Waals surface area (Å²) in [5.41, 5.74) is 1.12. The Bertz CT molecular complexity index is 498. The highest BCUT2D eigenvalue weighted by atomic mass is 16.4. The summed E-state index contributed by atoms with van der Waals surface area (Å²) >= 11 is 0. The second-order valence-electron chi connectivity index (χ2n) is 5.32. The third-order valence-electron chi connectivity index (χ3n) is 3.31. The summed E-state index contributed by atoms with van der Waals surface area (Å²) in [5, 5.41) is 8.87. The van der Waals surface area contributed by atoms with Crippen LogP contribution in [0.4, 0.5) is 0 Å². The molecule has 5 nitrogen and oxygen atoms in total. The van der Waals surface area contributed by atoms with Gasteiger partial charge < -0.3 is 14.4 Å². The fraction of sp³-hybridized carbons (Fsp3) is 0.571. The maximum absolute atomic E-state index is 12.6. The number of hydrogen-bond acceptors (Lipinski definition) is 3. The minimum absolute atomic E-state index is 0.104. The van der Waals surface area contributed by atoms with Crippen molar-refractivity contribution in [3.05, 3.63) is 23.2 Å². The van der Waals surface area contributed by atoms with E-state index < -0.39 is 5.97 Å². The maximum Gasteiger partial charge on any atom is 0.311 e. The van der Waals surface area contributed by atoms with Crippen molar-refractivity contribution in [3.8, 4) is 0 Å². The van der Waals surface area contributed by atoms with Crippen molar-refractivity contribution in [1.82, 2.24) is 4.90 Å². The van der Waals surface area contributed by atoms with Crippen LogP contribution in [0.3, 0.4) is 0 Å². The van der Waals surface area contributed by atoms with Gasteiger partial charge in [0.15, 0.2) is 0 Å². The molecule has 104 valence electrons. The van der Waals surface area contributed by atoms with Crippen molar-refractivity contribution in [2.24, 2.45) is 0 Å². The Balaban J connectivity index is 2.31. The average Bonchev–Trinajstić information content (AvgIpc) is 3.03. The number of aryl methyl sites for hydroxylation is 1. The molecule has 0 unspecified atom stereocenters. The van der Waals surface area contributed by atoms with Crippen LogP contribution in [0.25, 0.3) is 0 Å². The van der Waals surface area contributed by atoms with E-state index in [4.69, 9.17) is 9.52 Å². The third kappa shape index (κ3) is 2.80. The molecular formula is C14H19NO4. The van der Waals surface area contributed by atoms with E-state index in [0.29, 0.717) is 17.2 Å². The van der Waals surface area contributed by atoms with Crippen molar-refractivity contribution in [3.63, 3.8) is 0 Å². The second kappa shape index (κ2) is 5.07. The van der Waals surface area contributed by atoms with Crippen molar-refractivity contribution >= 4 is 11.9 Å². The number of furan rings is 1. The fourth-order valence-corrected chi connectivity index (χ4v) is 2.36. The minimum atomic E-state index is -0.995. The van der Waals surface area contributed by atoms with E-state index in [1.807, 2.05) is 18.7 Å². The molecule has 0 radical (unpaired) electrons. The van der Waals surface area contributed by atoms with Crippen molar-refractivity contribution in [2.45, 2.75) is 52.1 Å². The van der Waals surface area contributed by atoms with Crippen LogP contribution >= 0.6 is 0 Å². The van der Waals surface area contributed by atoms with Gasteiger partial charge in [0.1, 0.15) is 12.2 Å². The zero-order valence-electron chi connectivity index (χ0n) is 11.5. The summed E-state index contributed by atoms with van der Waals surface area (Å²) in [6.07, 6.45) is 3.24. The average molecular weight is 265 g/mol. The molecular weight excluding hydrogens is 246 g/mol. The van der Waals surface area contributed by atoms with Crippen LogP contribution in [0.15, 0.2) is 10.7 Å². The van der Waals surface area contributed by atoms with E-state index in [-0.39, 0.29) is 24.1 Å². The largest absolute Gasteiger partial charge is 0.481 e. The monoisotopic (exact) mass is 265 g/mol. The number of rotatable bonds is 5. The van der Waals surface area contributed by atoms with Gasteiger partial charge >= 0.3 is 5.97 Å². The zero-order valence-corrected chi connectivity index (χ0v) is 11.5. The highest BCUT2D eigenvalue weighted by molar-refractivity contribution is 5.98. The van der Waals surface area contributed by atoms with E-state index in [1.54, 1.807) is 6.92 Å². The predicted molar refractivity (Wildman–Crippen MR) is 69.1 cm³/mol. The summed E-state index contributed by atoms with van der Waals surface area (Å²) in [5.74, 6) is -0.854. The Labute approximate surface area is 112 Å². The summed E-state index contributed by atoms with van der Waals surface area (Å²) in [7, 11) is 0. The molecule has 1 aliphatic rings. The number of carboxylic acid groups (broad SMARTS) is 1. The van der Waals surface area contributed by atoms with Crippen molar-refractivity contribution in [1.29, 1.82) is 0 Å². The van der Waals surface area contributed by atoms with Crippen LogP contribution in [0, 0.1) is 6.92 Å². The number of carbonyl (C=O) groups is 2. The van der Waals surface area contributed by atoms with E-state index >= 15 is 0 Å². The number of carboxylic acids is 1. The Morgan fingerprint density at radius 3 is 2.58 bits per heavy atom. The smallest absolute Gasteiger partial charge is 0.311 e. The first-order valence-electron chi connectivity index (χ1n) is 6.53. The molecule has 1 fully saturated rings. The van der Waals surface area contributed by atoms with Gasteiger partial charge in [-0.3, -0.25) is 9.59 Å². The summed E-state index contributed by atoms with van der Waals surface area (Å²) in [6, 6.07) is 0.395. The first-order chi connectivity index (χ1) is 8.91. The standard InChI is InChI=1S/C14H19NO4/c1-8(2)15(10-4-5-10)14(18)13-9(3)7-19-11(13)6-12(16)17/h7-8,10H,4-6H2,1-3H3,(H,16,17).